The van der Waals surface area contributed by atoms with E-state index < -0.39 is 0 Å². The maximum atomic E-state index is 11.3. The predicted octanol–water partition coefficient (Wildman–Crippen LogP) is 3.14. The number of aromatic nitrogens is 1. The summed E-state index contributed by atoms with van der Waals surface area (Å²) < 4.78 is 5.88. The van der Waals surface area contributed by atoms with Crippen LogP contribution in [0.1, 0.15) is 30.6 Å². The van der Waals surface area contributed by atoms with Crippen LogP contribution in [-0.2, 0) is 16.1 Å². The number of halogens is 1. The monoisotopic (exact) mass is 301 g/mol. The van der Waals surface area contributed by atoms with Crippen LogP contribution in [0.4, 0.5) is 0 Å². The number of nitrogens with zero attached hydrogens (tertiary/aromatic N) is 1. The molecule has 0 saturated carbocycles. The molecule has 0 N–H and O–H groups in total. The van der Waals surface area contributed by atoms with Crippen LogP contribution in [0, 0.1) is 12.3 Å². The Hall–Kier alpha value is -0.860. The first-order valence-electron chi connectivity index (χ1n) is 4.91. The standard InChI is InChI=1S/C11H12BrNO2S/c1-2-3-4-5-6-10(14)15-8-9-7-13-11(12)16-9/h1,7H,3-6,8H2. The number of hydrogen-bond acceptors (Lipinski definition) is 4. The zero-order valence-corrected chi connectivity index (χ0v) is 11.1. The zero-order valence-electron chi connectivity index (χ0n) is 8.74. The van der Waals surface area contributed by atoms with Crippen LogP contribution in [0.25, 0.3) is 0 Å². The van der Waals surface area contributed by atoms with Crippen molar-refractivity contribution in [2.75, 3.05) is 0 Å². The largest absolute Gasteiger partial charge is 0.460 e. The van der Waals surface area contributed by atoms with Gasteiger partial charge in [0.05, 0.1) is 4.88 Å². The van der Waals surface area contributed by atoms with Gasteiger partial charge in [0.15, 0.2) is 3.92 Å². The molecule has 0 aromatic carbocycles. The molecule has 16 heavy (non-hydrogen) atoms. The highest BCUT2D eigenvalue weighted by Gasteiger charge is 2.05. The van der Waals surface area contributed by atoms with Crippen molar-refractivity contribution < 1.29 is 9.53 Å². The Labute approximate surface area is 107 Å². The average Bonchev–Trinajstić information content (AvgIpc) is 2.68. The zero-order chi connectivity index (χ0) is 11.8. The van der Waals surface area contributed by atoms with Gasteiger partial charge in [-0.2, -0.15) is 0 Å². The Morgan fingerprint density at radius 3 is 3.06 bits per heavy atom. The lowest BCUT2D eigenvalue weighted by Crippen LogP contribution is -2.03. The average molecular weight is 302 g/mol. The van der Waals surface area contributed by atoms with E-state index in [1.54, 1.807) is 6.20 Å². The second kappa shape index (κ2) is 7.42. The van der Waals surface area contributed by atoms with Gasteiger partial charge in [-0.25, -0.2) is 4.98 Å². The fraction of sp³-hybridized carbons (Fsp3) is 0.455. The number of hydrogen-bond donors (Lipinski definition) is 0. The maximum absolute atomic E-state index is 11.3. The van der Waals surface area contributed by atoms with Crippen LogP contribution in [0.2, 0.25) is 0 Å². The molecule has 0 bridgehead atoms. The van der Waals surface area contributed by atoms with Gasteiger partial charge in [0.2, 0.25) is 0 Å². The first-order valence-corrected chi connectivity index (χ1v) is 6.52. The van der Waals surface area contributed by atoms with Crippen molar-refractivity contribution >= 4 is 33.2 Å². The van der Waals surface area contributed by atoms with E-state index in [1.165, 1.54) is 11.3 Å². The van der Waals surface area contributed by atoms with Crippen molar-refractivity contribution in [3.63, 3.8) is 0 Å². The summed E-state index contributed by atoms with van der Waals surface area (Å²) in [7, 11) is 0. The molecule has 3 nitrogen and oxygen atoms in total. The van der Waals surface area contributed by atoms with E-state index in [-0.39, 0.29) is 5.97 Å². The van der Waals surface area contributed by atoms with Gasteiger partial charge in [-0.05, 0) is 28.8 Å². The third kappa shape index (κ3) is 5.29. The second-order valence-electron chi connectivity index (χ2n) is 3.15. The smallest absolute Gasteiger partial charge is 0.306 e. The van der Waals surface area contributed by atoms with Gasteiger partial charge in [-0.1, -0.05) is 0 Å². The molecule has 0 unspecified atom stereocenters. The van der Waals surface area contributed by atoms with Crippen molar-refractivity contribution in [2.24, 2.45) is 0 Å². The maximum Gasteiger partial charge on any atom is 0.306 e. The van der Waals surface area contributed by atoms with Gasteiger partial charge < -0.3 is 4.74 Å². The highest BCUT2D eigenvalue weighted by atomic mass is 79.9. The first-order chi connectivity index (χ1) is 7.72. The van der Waals surface area contributed by atoms with Crippen LogP contribution in [0.3, 0.4) is 0 Å². The van der Waals surface area contributed by atoms with Crippen LogP contribution >= 0.6 is 27.3 Å². The Morgan fingerprint density at radius 2 is 2.44 bits per heavy atom. The van der Waals surface area contributed by atoms with Gasteiger partial charge in [0.25, 0.3) is 0 Å². The van der Waals surface area contributed by atoms with Crippen molar-refractivity contribution in [3.05, 3.63) is 15.0 Å². The van der Waals surface area contributed by atoms with Crippen LogP contribution in [0.5, 0.6) is 0 Å². The van der Waals surface area contributed by atoms with Crippen molar-refractivity contribution in [1.82, 2.24) is 4.98 Å². The molecule has 5 heteroatoms. The highest BCUT2D eigenvalue weighted by molar-refractivity contribution is 9.11. The molecule has 0 atom stereocenters. The summed E-state index contributed by atoms with van der Waals surface area (Å²) in [5.41, 5.74) is 0. The van der Waals surface area contributed by atoms with E-state index in [9.17, 15) is 4.79 Å². The van der Waals surface area contributed by atoms with Gasteiger partial charge >= 0.3 is 5.97 Å². The van der Waals surface area contributed by atoms with E-state index in [2.05, 4.69) is 26.8 Å². The van der Waals surface area contributed by atoms with Crippen molar-refractivity contribution in [3.8, 4) is 12.3 Å². The van der Waals surface area contributed by atoms with Crippen molar-refractivity contribution in [2.45, 2.75) is 32.3 Å². The number of carbonyl (C=O) groups excluding carboxylic acids is 1. The lowest BCUT2D eigenvalue weighted by molar-refractivity contribution is -0.145. The molecule has 0 aliphatic heterocycles. The predicted molar refractivity (Wildman–Crippen MR) is 66.9 cm³/mol. The third-order valence-corrected chi connectivity index (χ3v) is 3.30. The second-order valence-corrected chi connectivity index (χ2v) is 5.54. The molecule has 0 radical (unpaired) electrons. The Kier molecular flexibility index (Phi) is 6.12. The van der Waals surface area contributed by atoms with E-state index in [4.69, 9.17) is 11.2 Å². The Morgan fingerprint density at radius 1 is 1.62 bits per heavy atom. The number of rotatable bonds is 6. The number of thiazole rings is 1. The molecule has 86 valence electrons. The lowest BCUT2D eigenvalue weighted by Gasteiger charge is -2.01. The normalized spacial score (nSPS) is 9.75. The van der Waals surface area contributed by atoms with Crippen LogP contribution in [-0.4, -0.2) is 11.0 Å². The molecule has 1 aromatic heterocycles. The van der Waals surface area contributed by atoms with Gasteiger partial charge in [-0.15, -0.1) is 23.7 Å². The van der Waals surface area contributed by atoms with Crippen LogP contribution < -0.4 is 0 Å². The molecule has 1 rings (SSSR count). The Bertz CT molecular complexity index is 384. The van der Waals surface area contributed by atoms with Crippen molar-refractivity contribution in [1.29, 1.82) is 0 Å². The summed E-state index contributed by atoms with van der Waals surface area (Å²) in [6.45, 7) is 0.303. The van der Waals surface area contributed by atoms with E-state index in [0.717, 1.165) is 28.1 Å². The van der Waals surface area contributed by atoms with E-state index in [0.29, 0.717) is 13.0 Å². The molecular weight excluding hydrogens is 290 g/mol. The summed E-state index contributed by atoms with van der Waals surface area (Å²) in [4.78, 5) is 16.2. The quantitative estimate of drug-likeness (QED) is 0.460. The molecule has 0 aliphatic carbocycles. The number of carbonyl (C=O) groups is 1. The molecule has 0 spiro atoms. The van der Waals surface area contributed by atoms with Gasteiger partial charge in [0, 0.05) is 19.0 Å². The fourth-order valence-electron chi connectivity index (χ4n) is 1.07. The van der Waals surface area contributed by atoms with E-state index in [1.807, 2.05) is 0 Å². The summed E-state index contributed by atoms with van der Waals surface area (Å²) in [5, 5.41) is 0. The van der Waals surface area contributed by atoms with E-state index >= 15 is 0 Å². The first kappa shape index (κ1) is 13.2. The SMILES string of the molecule is C#CCCCCC(=O)OCc1cnc(Br)s1. The minimum atomic E-state index is -0.179. The molecule has 0 fully saturated rings. The highest BCUT2D eigenvalue weighted by Crippen LogP contribution is 2.19. The van der Waals surface area contributed by atoms with Gasteiger partial charge in [-0.3, -0.25) is 4.79 Å². The van der Waals surface area contributed by atoms with Crippen LogP contribution in [0.15, 0.2) is 10.1 Å². The number of esters is 1. The lowest BCUT2D eigenvalue weighted by atomic mass is 10.2. The summed E-state index contributed by atoms with van der Waals surface area (Å²) in [6, 6.07) is 0. The number of unbranched alkanes of at least 4 members (excludes halogenated alkanes) is 2. The van der Waals surface area contributed by atoms with Gasteiger partial charge in [0.1, 0.15) is 6.61 Å². The minimum Gasteiger partial charge on any atom is -0.460 e. The summed E-state index contributed by atoms with van der Waals surface area (Å²) in [5.74, 6) is 2.36. The summed E-state index contributed by atoms with van der Waals surface area (Å²) in [6.07, 6.45) is 9.61. The topological polar surface area (TPSA) is 39.2 Å². The minimum absolute atomic E-state index is 0.179. The summed E-state index contributed by atoms with van der Waals surface area (Å²) >= 11 is 4.71. The molecule has 1 heterocycles. The Balaban J connectivity index is 2.13. The molecular formula is C11H12BrNO2S. The number of ether oxygens (including phenoxy) is 1. The third-order valence-electron chi connectivity index (χ3n) is 1.85. The molecule has 1 aromatic rings. The molecule has 0 amide bonds. The molecule has 0 saturated heterocycles. The molecule has 0 aliphatic rings. The fourth-order valence-corrected chi connectivity index (χ4v) is 2.34. The number of terminal acetylenes is 1.